The van der Waals surface area contributed by atoms with Gasteiger partial charge in [0.05, 0.1) is 0 Å². The molecule has 3 nitrogen and oxygen atoms in total. The largest absolute Gasteiger partial charge is 0.456 e. The summed E-state index contributed by atoms with van der Waals surface area (Å²) in [7, 11) is 0. The van der Waals surface area contributed by atoms with E-state index in [2.05, 4.69) is 132 Å². The molecule has 0 amide bonds. The molecule has 0 aliphatic carbocycles. The maximum Gasteiger partial charge on any atom is 0.143 e. The molecule has 2 heterocycles. The van der Waals surface area contributed by atoms with E-state index in [1.807, 2.05) is 24.3 Å². The Morgan fingerprint density at radius 3 is 1.91 bits per heavy atom. The molecular formula is C40H25NO2. The van der Waals surface area contributed by atoms with Gasteiger partial charge in [0, 0.05) is 44.2 Å². The first-order valence-electron chi connectivity index (χ1n) is 14.5. The van der Waals surface area contributed by atoms with E-state index in [0.717, 1.165) is 72.1 Å². The fourth-order valence-electron chi connectivity index (χ4n) is 6.47. The number of hydrogen-bond donors (Lipinski definition) is 0. The number of benzene rings is 7. The molecule has 0 fully saturated rings. The van der Waals surface area contributed by atoms with E-state index in [4.69, 9.17) is 8.83 Å². The predicted octanol–water partition coefficient (Wildman–Crippen LogP) is 11.8. The Morgan fingerprint density at radius 2 is 1.07 bits per heavy atom. The number of furan rings is 2. The number of rotatable bonds is 4. The molecule has 0 aliphatic rings. The quantitative estimate of drug-likeness (QED) is 0.218. The molecule has 43 heavy (non-hydrogen) atoms. The van der Waals surface area contributed by atoms with Gasteiger partial charge in [0.2, 0.25) is 0 Å². The summed E-state index contributed by atoms with van der Waals surface area (Å²) in [6.45, 7) is 0. The van der Waals surface area contributed by atoms with Gasteiger partial charge in [0.15, 0.2) is 0 Å². The number of para-hydroxylation sites is 4. The van der Waals surface area contributed by atoms with E-state index < -0.39 is 0 Å². The zero-order chi connectivity index (χ0) is 28.3. The molecule has 202 valence electrons. The molecule has 0 atom stereocenters. The maximum absolute atomic E-state index is 6.33. The lowest BCUT2D eigenvalue weighted by Crippen LogP contribution is -2.09. The number of fused-ring (bicyclic) bond motifs is 8. The van der Waals surface area contributed by atoms with Crippen LogP contribution in [0, 0.1) is 0 Å². The summed E-state index contributed by atoms with van der Waals surface area (Å²) in [4.78, 5) is 2.31. The molecule has 0 radical (unpaired) electrons. The molecule has 9 aromatic rings. The Bertz CT molecular complexity index is 2450. The van der Waals surface area contributed by atoms with Gasteiger partial charge in [-0.15, -0.1) is 0 Å². The van der Waals surface area contributed by atoms with Gasteiger partial charge in [-0.05, 0) is 70.9 Å². The Morgan fingerprint density at radius 1 is 0.395 bits per heavy atom. The lowest BCUT2D eigenvalue weighted by atomic mass is 10.0. The summed E-state index contributed by atoms with van der Waals surface area (Å²) in [6, 6.07) is 53.1. The second kappa shape index (κ2) is 9.37. The van der Waals surface area contributed by atoms with Crippen LogP contribution in [-0.4, -0.2) is 0 Å². The van der Waals surface area contributed by atoms with E-state index in [9.17, 15) is 0 Å². The average Bonchev–Trinajstić information content (AvgIpc) is 3.64. The molecule has 0 bridgehead atoms. The van der Waals surface area contributed by atoms with Crippen molar-refractivity contribution in [2.75, 3.05) is 4.90 Å². The van der Waals surface area contributed by atoms with Crippen LogP contribution >= 0.6 is 0 Å². The molecule has 2 aromatic heterocycles. The molecule has 0 saturated heterocycles. The van der Waals surface area contributed by atoms with Gasteiger partial charge >= 0.3 is 0 Å². The zero-order valence-electron chi connectivity index (χ0n) is 23.2. The monoisotopic (exact) mass is 551 g/mol. The predicted molar refractivity (Wildman–Crippen MR) is 179 cm³/mol. The van der Waals surface area contributed by atoms with E-state index in [1.54, 1.807) is 0 Å². The second-order valence-electron chi connectivity index (χ2n) is 10.9. The van der Waals surface area contributed by atoms with Gasteiger partial charge in [0.1, 0.15) is 22.3 Å². The van der Waals surface area contributed by atoms with Crippen molar-refractivity contribution in [3.8, 4) is 11.1 Å². The first-order chi connectivity index (χ1) is 21.3. The van der Waals surface area contributed by atoms with Crippen LogP contribution in [0.1, 0.15) is 0 Å². The van der Waals surface area contributed by atoms with Crippen LogP contribution in [0.25, 0.3) is 65.8 Å². The summed E-state index contributed by atoms with van der Waals surface area (Å²) >= 11 is 0. The van der Waals surface area contributed by atoms with Gasteiger partial charge in [0.25, 0.3) is 0 Å². The highest BCUT2D eigenvalue weighted by molar-refractivity contribution is 6.19. The summed E-state index contributed by atoms with van der Waals surface area (Å²) in [6.07, 6.45) is 0. The Hall–Kier alpha value is -5.80. The third-order valence-electron chi connectivity index (χ3n) is 8.45. The van der Waals surface area contributed by atoms with Crippen molar-refractivity contribution < 1.29 is 8.83 Å². The standard InChI is InChI=1S/C40H25NO2/c1-2-9-28(10-3-1)41(30-22-23-31-27(25-30)19-24-38-39(31)35-12-5-7-16-37(35)42-38)29-20-17-26(18-21-29)32-13-8-14-34-33-11-4-6-15-36(33)43-40(32)34/h1-25H. The maximum atomic E-state index is 6.33. The smallest absolute Gasteiger partial charge is 0.143 e. The minimum Gasteiger partial charge on any atom is -0.456 e. The first-order valence-corrected chi connectivity index (χ1v) is 14.5. The van der Waals surface area contributed by atoms with Crippen molar-refractivity contribution >= 4 is 71.7 Å². The Kier molecular flexibility index (Phi) is 5.20. The van der Waals surface area contributed by atoms with Crippen LogP contribution in [0.2, 0.25) is 0 Å². The minimum atomic E-state index is 0.911. The molecule has 0 aliphatic heterocycles. The van der Waals surface area contributed by atoms with Crippen molar-refractivity contribution in [2.24, 2.45) is 0 Å². The van der Waals surface area contributed by atoms with Crippen molar-refractivity contribution in [3.63, 3.8) is 0 Å². The molecule has 7 aromatic carbocycles. The number of nitrogens with zero attached hydrogens (tertiary/aromatic N) is 1. The molecule has 0 saturated carbocycles. The van der Waals surface area contributed by atoms with E-state index in [-0.39, 0.29) is 0 Å². The van der Waals surface area contributed by atoms with Gasteiger partial charge in [-0.25, -0.2) is 0 Å². The average molecular weight is 552 g/mol. The minimum absolute atomic E-state index is 0.911. The number of hydrogen-bond acceptors (Lipinski definition) is 3. The molecule has 0 unspecified atom stereocenters. The second-order valence-corrected chi connectivity index (χ2v) is 10.9. The van der Waals surface area contributed by atoms with E-state index in [0.29, 0.717) is 0 Å². The van der Waals surface area contributed by atoms with Crippen LogP contribution < -0.4 is 4.90 Å². The fourth-order valence-corrected chi connectivity index (χ4v) is 6.47. The lowest BCUT2D eigenvalue weighted by molar-refractivity contribution is 0.669. The normalized spacial score (nSPS) is 11.7. The fraction of sp³-hybridized carbons (Fsp3) is 0. The topological polar surface area (TPSA) is 29.5 Å². The van der Waals surface area contributed by atoms with Crippen molar-refractivity contribution in [3.05, 3.63) is 152 Å². The van der Waals surface area contributed by atoms with Gasteiger partial charge in [-0.1, -0.05) is 97.1 Å². The third kappa shape index (κ3) is 3.75. The highest BCUT2D eigenvalue weighted by atomic mass is 16.3. The molecule has 3 heteroatoms. The van der Waals surface area contributed by atoms with Gasteiger partial charge in [-0.2, -0.15) is 0 Å². The third-order valence-corrected chi connectivity index (χ3v) is 8.45. The van der Waals surface area contributed by atoms with Crippen LogP contribution in [-0.2, 0) is 0 Å². The molecule has 0 spiro atoms. The highest BCUT2D eigenvalue weighted by Gasteiger charge is 2.17. The molecular weight excluding hydrogens is 526 g/mol. The summed E-state index contributed by atoms with van der Waals surface area (Å²) in [5.74, 6) is 0. The van der Waals surface area contributed by atoms with E-state index >= 15 is 0 Å². The molecule has 9 rings (SSSR count). The van der Waals surface area contributed by atoms with Gasteiger partial charge in [-0.3, -0.25) is 0 Å². The summed E-state index contributed by atoms with van der Waals surface area (Å²) in [5.41, 5.74) is 9.15. The summed E-state index contributed by atoms with van der Waals surface area (Å²) < 4.78 is 12.5. The van der Waals surface area contributed by atoms with Crippen LogP contribution in [0.15, 0.2) is 160 Å². The Balaban J connectivity index is 1.17. The number of anilines is 3. The van der Waals surface area contributed by atoms with Crippen molar-refractivity contribution in [1.29, 1.82) is 0 Å². The van der Waals surface area contributed by atoms with Crippen LogP contribution in [0.3, 0.4) is 0 Å². The first kappa shape index (κ1) is 23.9. The lowest BCUT2D eigenvalue weighted by Gasteiger charge is -2.26. The molecule has 0 N–H and O–H groups in total. The van der Waals surface area contributed by atoms with E-state index in [1.165, 1.54) is 10.8 Å². The van der Waals surface area contributed by atoms with Crippen molar-refractivity contribution in [1.82, 2.24) is 0 Å². The van der Waals surface area contributed by atoms with Gasteiger partial charge < -0.3 is 13.7 Å². The zero-order valence-corrected chi connectivity index (χ0v) is 23.2. The van der Waals surface area contributed by atoms with Crippen LogP contribution in [0.4, 0.5) is 17.1 Å². The Labute approximate surface area is 247 Å². The summed E-state index contributed by atoms with van der Waals surface area (Å²) in [5, 5.41) is 6.95. The highest BCUT2D eigenvalue weighted by Crippen LogP contribution is 2.41. The van der Waals surface area contributed by atoms with Crippen molar-refractivity contribution in [2.45, 2.75) is 0 Å². The SMILES string of the molecule is c1ccc(N(c2ccc(-c3cccc4c3oc3ccccc34)cc2)c2ccc3c(ccc4oc5ccccc5c43)c2)cc1. The van der Waals surface area contributed by atoms with Crippen LogP contribution in [0.5, 0.6) is 0 Å².